The minimum Gasteiger partial charge on any atom is -0.493 e. The normalized spacial score (nSPS) is 10.5. The van der Waals surface area contributed by atoms with Crippen molar-refractivity contribution in [3.05, 3.63) is 66.0 Å². The number of methoxy groups -OCH3 is 3. The van der Waals surface area contributed by atoms with Crippen LogP contribution in [0.15, 0.2) is 54.7 Å². The molecule has 0 radical (unpaired) electrons. The monoisotopic (exact) mass is 522 g/mol. The van der Waals surface area contributed by atoms with Gasteiger partial charge in [-0.1, -0.05) is 0 Å². The fourth-order valence-corrected chi connectivity index (χ4v) is 4.56. The molecule has 4 rings (SSSR count). The van der Waals surface area contributed by atoms with Crippen LogP contribution in [0.4, 0.5) is 15.5 Å². The van der Waals surface area contributed by atoms with E-state index < -0.39 is 6.03 Å². The van der Waals surface area contributed by atoms with Crippen molar-refractivity contribution < 1.29 is 28.5 Å². The van der Waals surface area contributed by atoms with E-state index in [1.165, 1.54) is 32.7 Å². The Morgan fingerprint density at radius 2 is 1.68 bits per heavy atom. The van der Waals surface area contributed by atoms with Gasteiger partial charge in [0, 0.05) is 30.1 Å². The van der Waals surface area contributed by atoms with Crippen molar-refractivity contribution in [1.82, 2.24) is 10.3 Å². The summed E-state index contributed by atoms with van der Waals surface area (Å²) in [4.78, 5) is 28.5. The maximum Gasteiger partial charge on any atom is 0.324 e. The lowest BCUT2D eigenvalue weighted by Gasteiger charge is -2.14. The van der Waals surface area contributed by atoms with Gasteiger partial charge < -0.3 is 29.6 Å². The summed E-state index contributed by atoms with van der Waals surface area (Å²) in [5.41, 5.74) is 1.64. The first-order valence-corrected chi connectivity index (χ1v) is 12.0. The number of nitrogens with one attached hydrogen (secondary N) is 3. The van der Waals surface area contributed by atoms with Crippen molar-refractivity contribution in [3.63, 3.8) is 0 Å². The average molecular weight is 523 g/mol. The minimum atomic E-state index is -0.415. The van der Waals surface area contributed by atoms with Crippen molar-refractivity contribution in [2.24, 2.45) is 0 Å². The summed E-state index contributed by atoms with van der Waals surface area (Å²) in [5, 5.41) is 9.82. The van der Waals surface area contributed by atoms with Gasteiger partial charge in [-0.15, -0.1) is 11.3 Å². The number of fused-ring (bicyclic) bond motifs is 1. The van der Waals surface area contributed by atoms with Gasteiger partial charge in [-0.25, -0.2) is 4.79 Å². The van der Waals surface area contributed by atoms with Crippen LogP contribution in [0.2, 0.25) is 0 Å². The highest BCUT2D eigenvalue weighted by Gasteiger charge is 2.15. The lowest BCUT2D eigenvalue weighted by atomic mass is 10.2. The fourth-order valence-electron chi connectivity index (χ4n) is 3.57. The number of rotatable bonds is 9. The molecule has 0 saturated heterocycles. The number of carbonyl (C=O) groups excluding carboxylic acids is 2. The van der Waals surface area contributed by atoms with Crippen LogP contribution in [0.5, 0.6) is 23.0 Å². The smallest absolute Gasteiger partial charge is 0.324 e. The highest BCUT2D eigenvalue weighted by Crippen LogP contribution is 2.40. The molecule has 0 spiro atoms. The Morgan fingerprint density at radius 3 is 2.35 bits per heavy atom. The van der Waals surface area contributed by atoms with Gasteiger partial charge >= 0.3 is 6.03 Å². The second-order valence-corrected chi connectivity index (χ2v) is 8.80. The van der Waals surface area contributed by atoms with Crippen LogP contribution in [0, 0.1) is 0 Å². The topological polar surface area (TPSA) is 120 Å². The first kappa shape index (κ1) is 25.6. The zero-order valence-electron chi connectivity index (χ0n) is 20.7. The quantitative estimate of drug-likeness (QED) is 0.286. The van der Waals surface area contributed by atoms with Crippen LogP contribution in [-0.4, -0.2) is 45.3 Å². The molecule has 0 aliphatic rings. The third-order valence-corrected chi connectivity index (χ3v) is 6.35. The predicted molar refractivity (Wildman–Crippen MR) is 143 cm³/mol. The highest BCUT2D eigenvalue weighted by atomic mass is 32.1. The number of hydrogen-bond donors (Lipinski definition) is 3. The molecule has 192 valence electrons. The van der Waals surface area contributed by atoms with Gasteiger partial charge in [0.15, 0.2) is 11.5 Å². The van der Waals surface area contributed by atoms with Gasteiger partial charge in [-0.3, -0.25) is 15.1 Å². The molecule has 0 aliphatic carbocycles. The number of amides is 3. The third-order valence-electron chi connectivity index (χ3n) is 5.34. The predicted octanol–water partition coefficient (Wildman–Crippen LogP) is 4.90. The summed E-state index contributed by atoms with van der Waals surface area (Å²) in [6.07, 6.45) is 1.58. The second kappa shape index (κ2) is 11.5. The molecule has 0 atom stereocenters. The van der Waals surface area contributed by atoms with Gasteiger partial charge in [-0.2, -0.15) is 0 Å². The van der Waals surface area contributed by atoms with Crippen molar-refractivity contribution in [2.45, 2.75) is 6.61 Å². The summed E-state index contributed by atoms with van der Waals surface area (Å²) in [7, 11) is 6.09. The van der Waals surface area contributed by atoms with Gasteiger partial charge in [0.1, 0.15) is 18.1 Å². The standard InChI is InChI=1S/C26H26N4O6S/c1-27-25(31)19-9-15(7-8-28-19)14-36-18-6-5-16-10-23(37-22(16)13-18)30-26(32)29-17-11-20(33-2)24(35-4)21(12-17)34-3/h5-13H,14H2,1-4H3,(H,27,31)(H2,29,30,32). The molecule has 11 heteroatoms. The van der Waals surface area contributed by atoms with E-state index in [1.54, 1.807) is 37.5 Å². The van der Waals surface area contributed by atoms with E-state index >= 15 is 0 Å². The van der Waals surface area contributed by atoms with E-state index in [4.69, 9.17) is 18.9 Å². The zero-order valence-corrected chi connectivity index (χ0v) is 21.5. The second-order valence-electron chi connectivity index (χ2n) is 7.72. The van der Waals surface area contributed by atoms with Crippen LogP contribution >= 0.6 is 11.3 Å². The van der Waals surface area contributed by atoms with Crippen molar-refractivity contribution >= 4 is 44.0 Å². The van der Waals surface area contributed by atoms with E-state index in [0.717, 1.165) is 15.6 Å². The summed E-state index contributed by atoms with van der Waals surface area (Å²) in [6.45, 7) is 0.283. The maximum absolute atomic E-state index is 12.6. The van der Waals surface area contributed by atoms with Crippen molar-refractivity contribution in [2.75, 3.05) is 39.0 Å². The number of benzene rings is 2. The molecule has 0 saturated carbocycles. The Hall–Kier alpha value is -4.51. The Kier molecular flexibility index (Phi) is 7.94. The van der Waals surface area contributed by atoms with Gasteiger partial charge in [-0.05, 0) is 47.3 Å². The molecule has 2 aromatic heterocycles. The average Bonchev–Trinajstić information content (AvgIpc) is 3.32. The van der Waals surface area contributed by atoms with Gasteiger partial charge in [0.2, 0.25) is 5.75 Å². The molecular formula is C26H26N4O6S. The van der Waals surface area contributed by atoms with Crippen LogP contribution < -0.4 is 34.9 Å². The first-order valence-electron chi connectivity index (χ1n) is 11.2. The van der Waals surface area contributed by atoms with Crippen LogP contribution in [-0.2, 0) is 6.61 Å². The summed E-state index contributed by atoms with van der Waals surface area (Å²) < 4.78 is 22.8. The molecule has 0 fully saturated rings. The van der Waals surface area contributed by atoms with Gasteiger partial charge in [0.05, 0.1) is 32.0 Å². The first-order chi connectivity index (χ1) is 17.9. The van der Waals surface area contributed by atoms with E-state index in [2.05, 4.69) is 20.9 Å². The largest absolute Gasteiger partial charge is 0.493 e. The Bertz CT molecular complexity index is 1410. The van der Waals surface area contributed by atoms with Crippen LogP contribution in [0.25, 0.3) is 10.1 Å². The zero-order chi connectivity index (χ0) is 26.4. The number of carbonyl (C=O) groups is 2. The van der Waals surface area contributed by atoms with Gasteiger partial charge in [0.25, 0.3) is 5.91 Å². The molecule has 2 aromatic carbocycles. The minimum absolute atomic E-state index is 0.254. The summed E-state index contributed by atoms with van der Waals surface area (Å²) in [5.74, 6) is 1.72. The van der Waals surface area contributed by atoms with E-state index in [9.17, 15) is 9.59 Å². The Labute approximate surface area is 217 Å². The molecule has 3 amide bonds. The van der Waals surface area contributed by atoms with E-state index in [1.807, 2.05) is 24.3 Å². The van der Waals surface area contributed by atoms with Crippen molar-refractivity contribution in [1.29, 1.82) is 0 Å². The molecule has 2 heterocycles. The molecular weight excluding hydrogens is 496 g/mol. The third kappa shape index (κ3) is 6.01. The number of anilines is 2. The van der Waals surface area contributed by atoms with E-state index in [-0.39, 0.29) is 12.5 Å². The summed E-state index contributed by atoms with van der Waals surface area (Å²) >= 11 is 1.42. The lowest BCUT2D eigenvalue weighted by Crippen LogP contribution is -2.19. The Morgan fingerprint density at radius 1 is 0.919 bits per heavy atom. The molecule has 0 aliphatic heterocycles. The number of aromatic nitrogens is 1. The van der Waals surface area contributed by atoms with Crippen molar-refractivity contribution in [3.8, 4) is 23.0 Å². The number of urea groups is 1. The highest BCUT2D eigenvalue weighted by molar-refractivity contribution is 7.23. The lowest BCUT2D eigenvalue weighted by molar-refractivity contribution is 0.0958. The molecule has 4 aromatic rings. The number of hydrogen-bond acceptors (Lipinski definition) is 8. The van der Waals surface area contributed by atoms with E-state index in [0.29, 0.717) is 39.4 Å². The maximum atomic E-state index is 12.6. The molecule has 0 unspecified atom stereocenters. The Balaban J connectivity index is 1.42. The molecule has 37 heavy (non-hydrogen) atoms. The summed E-state index contributed by atoms with van der Waals surface area (Å²) in [6, 6.07) is 13.9. The number of nitrogens with zero attached hydrogens (tertiary/aromatic N) is 1. The van der Waals surface area contributed by atoms with Crippen LogP contribution in [0.1, 0.15) is 16.1 Å². The molecule has 3 N–H and O–H groups in total. The number of ether oxygens (including phenoxy) is 4. The fraction of sp³-hybridized carbons (Fsp3) is 0.192. The molecule has 10 nitrogen and oxygen atoms in total. The molecule has 0 bridgehead atoms. The van der Waals surface area contributed by atoms with Crippen LogP contribution in [0.3, 0.4) is 0 Å². The number of pyridine rings is 1. The number of thiophene rings is 1. The SMILES string of the molecule is CNC(=O)c1cc(COc2ccc3cc(NC(=O)Nc4cc(OC)c(OC)c(OC)c4)sc3c2)ccn1.